The Morgan fingerprint density at radius 2 is 1.91 bits per heavy atom. The van der Waals surface area contributed by atoms with E-state index in [1.165, 1.54) is 18.9 Å². The van der Waals surface area contributed by atoms with E-state index in [9.17, 15) is 9.59 Å². The number of hydrogen-bond acceptors (Lipinski definition) is 6. The summed E-state index contributed by atoms with van der Waals surface area (Å²) in [5.41, 5.74) is 1.11. The highest BCUT2D eigenvalue weighted by Crippen LogP contribution is 2.34. The minimum absolute atomic E-state index is 0.0330. The van der Waals surface area contributed by atoms with Crippen LogP contribution in [0.1, 0.15) is 49.7 Å². The molecule has 2 aliphatic rings. The minimum atomic E-state index is -0.484. The summed E-state index contributed by atoms with van der Waals surface area (Å²) in [6, 6.07) is 11.6. The summed E-state index contributed by atoms with van der Waals surface area (Å²) in [6.45, 7) is 1.28. The van der Waals surface area contributed by atoms with Crippen LogP contribution >= 0.6 is 0 Å². The first-order valence-corrected chi connectivity index (χ1v) is 11.5. The maximum atomic E-state index is 12.7. The number of aromatic amines is 1. The molecule has 0 atom stereocenters. The van der Waals surface area contributed by atoms with Crippen LogP contribution in [0.4, 0.5) is 0 Å². The third kappa shape index (κ3) is 5.10. The zero-order valence-electron chi connectivity index (χ0n) is 18.0. The first-order chi connectivity index (χ1) is 15.6. The second-order valence-electron chi connectivity index (χ2n) is 9.06. The number of rotatable bonds is 10. The average molecular weight is 437 g/mol. The van der Waals surface area contributed by atoms with Crippen LogP contribution in [0.2, 0.25) is 0 Å². The summed E-state index contributed by atoms with van der Waals surface area (Å²) >= 11 is 0. The molecule has 2 aliphatic carbocycles. The fourth-order valence-corrected chi connectivity index (χ4v) is 4.35. The van der Waals surface area contributed by atoms with Crippen molar-refractivity contribution in [1.29, 1.82) is 0 Å². The van der Waals surface area contributed by atoms with Crippen molar-refractivity contribution in [2.24, 2.45) is 11.8 Å². The molecule has 0 aliphatic heterocycles. The van der Waals surface area contributed by atoms with Gasteiger partial charge in [-0.1, -0.05) is 49.6 Å². The molecule has 0 saturated heterocycles. The summed E-state index contributed by atoms with van der Waals surface area (Å²) in [5, 5.41) is 0.355. The van der Waals surface area contributed by atoms with Gasteiger partial charge in [0.05, 0.1) is 13.2 Å². The molecule has 2 fully saturated rings. The number of ether oxygens (including phenoxy) is 2. The Morgan fingerprint density at radius 1 is 1.09 bits per heavy atom. The topological polar surface area (TPSA) is 94.4 Å². The lowest BCUT2D eigenvalue weighted by Crippen LogP contribution is -2.37. The molecule has 0 spiro atoms. The third-order valence-corrected chi connectivity index (χ3v) is 6.37. The predicted octanol–water partition coefficient (Wildman–Crippen LogP) is 3.98. The van der Waals surface area contributed by atoms with Crippen LogP contribution in [-0.2, 0) is 17.8 Å². The van der Waals surface area contributed by atoms with E-state index in [2.05, 4.69) is 9.97 Å². The monoisotopic (exact) mass is 436 g/mol. The maximum absolute atomic E-state index is 12.7. The number of nitrogens with zero attached hydrogens (tertiary/aromatic N) is 1. The molecule has 7 nitrogen and oxygen atoms in total. The van der Waals surface area contributed by atoms with Crippen molar-refractivity contribution >= 4 is 11.1 Å². The van der Waals surface area contributed by atoms with Gasteiger partial charge in [-0.25, -0.2) is 4.79 Å². The van der Waals surface area contributed by atoms with E-state index < -0.39 is 5.63 Å². The molecule has 32 heavy (non-hydrogen) atoms. The lowest BCUT2D eigenvalue weighted by Gasteiger charge is -2.34. The SMILES string of the molecule is O=c1cc(CCCC2CC2)c2c(=O)[nH]c(O[C@H]3C[C@@H](COCc4ccccc4)C3)nc2o1. The number of aromatic nitrogens is 2. The van der Waals surface area contributed by atoms with Crippen molar-refractivity contribution in [1.82, 2.24) is 9.97 Å². The van der Waals surface area contributed by atoms with Gasteiger partial charge in [-0.3, -0.25) is 9.78 Å². The fraction of sp³-hybridized carbons (Fsp3) is 0.480. The van der Waals surface area contributed by atoms with Crippen molar-refractivity contribution in [3.05, 3.63) is 68.3 Å². The van der Waals surface area contributed by atoms with E-state index in [4.69, 9.17) is 13.9 Å². The molecule has 168 valence electrons. The van der Waals surface area contributed by atoms with Crippen molar-refractivity contribution in [3.63, 3.8) is 0 Å². The number of fused-ring (bicyclic) bond motifs is 1. The van der Waals surface area contributed by atoms with Gasteiger partial charge in [0.25, 0.3) is 11.6 Å². The van der Waals surface area contributed by atoms with Crippen LogP contribution in [0, 0.1) is 11.8 Å². The molecule has 2 aromatic heterocycles. The molecule has 1 N–H and O–H groups in total. The number of benzene rings is 1. The maximum Gasteiger partial charge on any atom is 0.337 e. The molecule has 1 aromatic carbocycles. The van der Waals surface area contributed by atoms with Gasteiger partial charge >= 0.3 is 5.63 Å². The summed E-state index contributed by atoms with van der Waals surface area (Å²) in [5.74, 6) is 1.24. The van der Waals surface area contributed by atoms with Gasteiger partial charge in [-0.15, -0.1) is 0 Å². The van der Waals surface area contributed by atoms with E-state index in [-0.39, 0.29) is 23.4 Å². The molecular weight excluding hydrogens is 408 g/mol. The Hall–Kier alpha value is -2.93. The van der Waals surface area contributed by atoms with Gasteiger partial charge in [0.2, 0.25) is 5.71 Å². The van der Waals surface area contributed by atoms with E-state index >= 15 is 0 Å². The van der Waals surface area contributed by atoms with Crippen molar-refractivity contribution < 1.29 is 13.9 Å². The molecule has 0 bridgehead atoms. The average Bonchev–Trinajstić information content (AvgIpc) is 3.56. The normalized spacial score (nSPS) is 20.2. The standard InChI is InChI=1S/C25H28N2O5/c28-21-13-19(8-4-7-16-9-10-16)22-23(29)26-25(27-24(22)32-21)31-20-11-18(12-20)15-30-14-17-5-2-1-3-6-17/h1-3,5-6,13,16,18,20H,4,7-12,14-15H2,(H,26,27,29)/t18-,20+. The zero-order valence-corrected chi connectivity index (χ0v) is 18.0. The number of H-pyrrole nitrogens is 1. The summed E-state index contributed by atoms with van der Waals surface area (Å²) in [4.78, 5) is 31.7. The first-order valence-electron chi connectivity index (χ1n) is 11.5. The van der Waals surface area contributed by atoms with Gasteiger partial charge in [0.15, 0.2) is 0 Å². The summed E-state index contributed by atoms with van der Waals surface area (Å²) in [7, 11) is 0. The molecule has 0 radical (unpaired) electrons. The fourth-order valence-electron chi connectivity index (χ4n) is 4.35. The summed E-state index contributed by atoms with van der Waals surface area (Å²) < 4.78 is 16.9. The zero-order chi connectivity index (χ0) is 21.9. The third-order valence-electron chi connectivity index (χ3n) is 6.37. The largest absolute Gasteiger partial charge is 0.461 e. The van der Waals surface area contributed by atoms with Crippen LogP contribution in [0.5, 0.6) is 6.01 Å². The Kier molecular flexibility index (Phi) is 6.08. The molecular formula is C25H28N2O5. The van der Waals surface area contributed by atoms with Crippen LogP contribution in [0.15, 0.2) is 50.4 Å². The molecule has 5 rings (SSSR count). The highest BCUT2D eigenvalue weighted by molar-refractivity contribution is 5.75. The number of nitrogens with one attached hydrogen (secondary N) is 1. The molecule has 0 unspecified atom stereocenters. The highest BCUT2D eigenvalue weighted by Gasteiger charge is 2.32. The lowest BCUT2D eigenvalue weighted by atomic mass is 9.83. The Labute approximate surface area is 185 Å². The molecule has 0 amide bonds. The van der Waals surface area contributed by atoms with Crippen molar-refractivity contribution in [2.45, 2.75) is 57.7 Å². The van der Waals surface area contributed by atoms with Gasteiger partial charge < -0.3 is 13.9 Å². The lowest BCUT2D eigenvalue weighted by molar-refractivity contribution is -0.00616. The van der Waals surface area contributed by atoms with Crippen LogP contribution < -0.4 is 15.9 Å². The van der Waals surface area contributed by atoms with Gasteiger partial charge in [-0.2, -0.15) is 4.98 Å². The Balaban J connectivity index is 1.17. The predicted molar refractivity (Wildman–Crippen MR) is 120 cm³/mol. The molecule has 7 heteroatoms. The van der Waals surface area contributed by atoms with Crippen molar-refractivity contribution in [2.75, 3.05) is 6.61 Å². The molecule has 2 saturated carbocycles. The second-order valence-corrected chi connectivity index (χ2v) is 9.06. The van der Waals surface area contributed by atoms with Crippen LogP contribution in [-0.4, -0.2) is 22.7 Å². The Bertz CT molecular complexity index is 1180. The van der Waals surface area contributed by atoms with Crippen LogP contribution in [0.3, 0.4) is 0 Å². The van der Waals surface area contributed by atoms with E-state index in [0.717, 1.165) is 37.2 Å². The summed E-state index contributed by atoms with van der Waals surface area (Å²) in [6.07, 6.45) is 6.99. The van der Waals surface area contributed by atoms with Crippen LogP contribution in [0.25, 0.3) is 11.1 Å². The van der Waals surface area contributed by atoms with Crippen molar-refractivity contribution in [3.8, 4) is 6.01 Å². The quantitative estimate of drug-likeness (QED) is 0.517. The highest BCUT2D eigenvalue weighted by atomic mass is 16.5. The first kappa shape index (κ1) is 20.9. The minimum Gasteiger partial charge on any atom is -0.461 e. The van der Waals surface area contributed by atoms with Gasteiger partial charge in [-0.05, 0) is 48.6 Å². The van der Waals surface area contributed by atoms with Gasteiger partial charge in [0, 0.05) is 6.07 Å². The second kappa shape index (κ2) is 9.28. The van der Waals surface area contributed by atoms with E-state index in [1.807, 2.05) is 30.3 Å². The molecule has 2 heterocycles. The van der Waals surface area contributed by atoms with E-state index in [0.29, 0.717) is 36.5 Å². The van der Waals surface area contributed by atoms with Gasteiger partial charge in [0.1, 0.15) is 11.5 Å². The van der Waals surface area contributed by atoms with E-state index in [1.54, 1.807) is 0 Å². The number of aryl methyl sites for hydroxylation is 1. The smallest absolute Gasteiger partial charge is 0.337 e. The number of hydrogen-bond donors (Lipinski definition) is 1. The molecule has 3 aromatic rings. The Morgan fingerprint density at radius 3 is 2.69 bits per heavy atom.